The van der Waals surface area contributed by atoms with Crippen LogP contribution in [0, 0.1) is 0 Å². The van der Waals surface area contributed by atoms with Gasteiger partial charge in [0.25, 0.3) is 0 Å². The van der Waals surface area contributed by atoms with Crippen molar-refractivity contribution >= 4 is 34.8 Å². The van der Waals surface area contributed by atoms with E-state index in [1.165, 1.54) is 0 Å². The number of aromatic nitrogens is 2. The second-order valence-corrected chi connectivity index (χ2v) is 8.59. The van der Waals surface area contributed by atoms with Gasteiger partial charge in [-0.2, -0.15) is 0 Å². The summed E-state index contributed by atoms with van der Waals surface area (Å²) in [6.45, 7) is 6.74. The molecule has 140 valence electrons. The van der Waals surface area contributed by atoms with E-state index in [9.17, 15) is 4.79 Å². The van der Waals surface area contributed by atoms with Crippen LogP contribution in [0.2, 0.25) is 5.02 Å². The molecule has 7 heteroatoms. The Balaban J connectivity index is 1.81. The largest absolute Gasteiger partial charge is 0.333 e. The standard InChI is InChI=1S/C20H21ClN4OS/c1-20(2,3)18-25-17(13-7-6-8-14(21)11-13)15(27-18)12-23-19(26)24-16-9-4-5-10-22-16/h4-11H,12H2,1-3H3,(H2,22,23,24,26). The van der Waals surface area contributed by atoms with Crippen molar-refractivity contribution in [1.82, 2.24) is 15.3 Å². The predicted octanol–water partition coefficient (Wildman–Crippen LogP) is 5.48. The maximum Gasteiger partial charge on any atom is 0.320 e. The van der Waals surface area contributed by atoms with Crippen molar-refractivity contribution in [3.05, 3.63) is 63.6 Å². The molecule has 0 saturated heterocycles. The molecule has 27 heavy (non-hydrogen) atoms. The van der Waals surface area contributed by atoms with E-state index in [1.807, 2.05) is 30.3 Å². The first kappa shape index (κ1) is 19.3. The highest BCUT2D eigenvalue weighted by Gasteiger charge is 2.22. The fraction of sp³-hybridized carbons (Fsp3) is 0.250. The molecule has 0 aliphatic rings. The van der Waals surface area contributed by atoms with Crippen LogP contribution < -0.4 is 10.6 Å². The molecule has 0 bridgehead atoms. The molecule has 2 aromatic heterocycles. The molecular formula is C20H21ClN4OS. The zero-order valence-corrected chi connectivity index (χ0v) is 17.0. The van der Waals surface area contributed by atoms with Crippen molar-refractivity contribution < 1.29 is 4.79 Å². The number of benzene rings is 1. The minimum atomic E-state index is -0.309. The van der Waals surface area contributed by atoms with E-state index in [0.29, 0.717) is 17.4 Å². The summed E-state index contributed by atoms with van der Waals surface area (Å²) in [4.78, 5) is 22.1. The van der Waals surface area contributed by atoms with Crippen molar-refractivity contribution in [2.75, 3.05) is 5.32 Å². The van der Waals surface area contributed by atoms with Gasteiger partial charge in [-0.05, 0) is 24.3 Å². The minimum absolute atomic E-state index is 0.0769. The number of amides is 2. The molecule has 0 aliphatic carbocycles. The molecule has 0 radical (unpaired) electrons. The summed E-state index contributed by atoms with van der Waals surface area (Å²) in [5.74, 6) is 0.504. The van der Waals surface area contributed by atoms with Crippen LogP contribution in [-0.2, 0) is 12.0 Å². The Kier molecular flexibility index (Phi) is 5.77. The molecule has 2 amide bonds. The van der Waals surface area contributed by atoms with E-state index in [1.54, 1.807) is 29.7 Å². The lowest BCUT2D eigenvalue weighted by Crippen LogP contribution is -2.28. The van der Waals surface area contributed by atoms with Crippen LogP contribution in [0.5, 0.6) is 0 Å². The van der Waals surface area contributed by atoms with Gasteiger partial charge in [0.1, 0.15) is 5.82 Å². The molecule has 0 unspecified atom stereocenters. The number of pyridine rings is 1. The number of urea groups is 1. The molecule has 0 atom stereocenters. The van der Waals surface area contributed by atoms with Gasteiger partial charge >= 0.3 is 6.03 Å². The first-order valence-electron chi connectivity index (χ1n) is 8.55. The van der Waals surface area contributed by atoms with Gasteiger partial charge in [0.2, 0.25) is 0 Å². The maximum absolute atomic E-state index is 12.2. The summed E-state index contributed by atoms with van der Waals surface area (Å²) in [7, 11) is 0. The van der Waals surface area contributed by atoms with Gasteiger partial charge in [0.05, 0.1) is 22.1 Å². The summed E-state index contributed by atoms with van der Waals surface area (Å²) < 4.78 is 0. The first-order valence-corrected chi connectivity index (χ1v) is 9.74. The predicted molar refractivity (Wildman–Crippen MR) is 111 cm³/mol. The molecule has 2 heterocycles. The van der Waals surface area contributed by atoms with Crippen LogP contribution in [0.3, 0.4) is 0 Å². The van der Waals surface area contributed by atoms with Crippen LogP contribution in [0.25, 0.3) is 11.3 Å². The van der Waals surface area contributed by atoms with Gasteiger partial charge in [-0.15, -0.1) is 11.3 Å². The Bertz CT molecular complexity index is 935. The van der Waals surface area contributed by atoms with Crippen LogP contribution in [0.1, 0.15) is 30.7 Å². The third kappa shape index (κ3) is 5.05. The molecule has 0 fully saturated rings. The summed E-state index contributed by atoms with van der Waals surface area (Å²) >= 11 is 7.75. The fourth-order valence-electron chi connectivity index (χ4n) is 2.41. The highest BCUT2D eigenvalue weighted by atomic mass is 35.5. The molecule has 1 aromatic carbocycles. The molecule has 0 spiro atoms. The third-order valence-corrected chi connectivity index (χ3v) is 5.47. The highest BCUT2D eigenvalue weighted by Crippen LogP contribution is 2.35. The Morgan fingerprint density at radius 2 is 2.00 bits per heavy atom. The van der Waals surface area contributed by atoms with E-state index in [0.717, 1.165) is 21.1 Å². The second kappa shape index (κ2) is 8.06. The fourth-order valence-corrected chi connectivity index (χ4v) is 3.68. The average molecular weight is 401 g/mol. The number of hydrogen-bond donors (Lipinski definition) is 2. The Hall–Kier alpha value is -2.44. The van der Waals surface area contributed by atoms with Crippen molar-refractivity contribution in [2.24, 2.45) is 0 Å². The zero-order chi connectivity index (χ0) is 19.4. The van der Waals surface area contributed by atoms with Gasteiger partial charge in [-0.3, -0.25) is 5.32 Å². The molecule has 3 aromatic rings. The van der Waals surface area contributed by atoms with Crippen LogP contribution >= 0.6 is 22.9 Å². The SMILES string of the molecule is CC(C)(C)c1nc(-c2cccc(Cl)c2)c(CNC(=O)Nc2ccccn2)s1. The van der Waals surface area contributed by atoms with Crippen LogP contribution in [0.4, 0.5) is 10.6 Å². The quantitative estimate of drug-likeness (QED) is 0.609. The molecule has 0 saturated carbocycles. The molecule has 3 rings (SSSR count). The van der Waals surface area contributed by atoms with Gasteiger partial charge < -0.3 is 5.32 Å². The number of hydrogen-bond acceptors (Lipinski definition) is 4. The van der Waals surface area contributed by atoms with Crippen molar-refractivity contribution in [3.63, 3.8) is 0 Å². The number of nitrogens with one attached hydrogen (secondary N) is 2. The molecular weight excluding hydrogens is 380 g/mol. The van der Waals surface area contributed by atoms with Gasteiger partial charge in [0.15, 0.2) is 0 Å². The summed E-state index contributed by atoms with van der Waals surface area (Å²) in [6.07, 6.45) is 1.63. The highest BCUT2D eigenvalue weighted by molar-refractivity contribution is 7.12. The number of rotatable bonds is 4. The Labute approximate surface area is 167 Å². The Morgan fingerprint density at radius 1 is 1.19 bits per heavy atom. The Morgan fingerprint density at radius 3 is 2.67 bits per heavy atom. The van der Waals surface area contributed by atoms with Crippen molar-refractivity contribution in [1.29, 1.82) is 0 Å². The van der Waals surface area contributed by atoms with Crippen LogP contribution in [-0.4, -0.2) is 16.0 Å². The lowest BCUT2D eigenvalue weighted by atomic mass is 9.98. The van der Waals surface area contributed by atoms with E-state index in [4.69, 9.17) is 16.6 Å². The average Bonchev–Trinajstić information content (AvgIpc) is 3.05. The number of carbonyl (C=O) groups is 1. The normalized spacial score (nSPS) is 11.3. The second-order valence-electron chi connectivity index (χ2n) is 7.07. The van der Waals surface area contributed by atoms with Gasteiger partial charge in [-0.25, -0.2) is 14.8 Å². The van der Waals surface area contributed by atoms with E-state index in [-0.39, 0.29) is 11.4 Å². The van der Waals surface area contributed by atoms with Crippen molar-refractivity contribution in [3.8, 4) is 11.3 Å². The molecule has 2 N–H and O–H groups in total. The number of thiazole rings is 1. The minimum Gasteiger partial charge on any atom is -0.333 e. The lowest BCUT2D eigenvalue weighted by Gasteiger charge is -2.13. The summed E-state index contributed by atoms with van der Waals surface area (Å²) in [5, 5.41) is 7.27. The smallest absolute Gasteiger partial charge is 0.320 e. The number of halogens is 1. The maximum atomic E-state index is 12.2. The number of carbonyl (C=O) groups excluding carboxylic acids is 1. The number of nitrogens with zero attached hydrogens (tertiary/aromatic N) is 2. The van der Waals surface area contributed by atoms with E-state index in [2.05, 4.69) is 36.4 Å². The van der Waals surface area contributed by atoms with E-state index < -0.39 is 0 Å². The zero-order valence-electron chi connectivity index (χ0n) is 15.4. The van der Waals surface area contributed by atoms with Crippen LogP contribution in [0.15, 0.2) is 48.7 Å². The first-order chi connectivity index (χ1) is 12.8. The van der Waals surface area contributed by atoms with Gasteiger partial charge in [0, 0.05) is 22.2 Å². The van der Waals surface area contributed by atoms with Crippen molar-refractivity contribution in [2.45, 2.75) is 32.7 Å². The monoisotopic (exact) mass is 400 g/mol. The summed E-state index contributed by atoms with van der Waals surface area (Å²) in [5.41, 5.74) is 1.72. The molecule has 5 nitrogen and oxygen atoms in total. The summed E-state index contributed by atoms with van der Waals surface area (Å²) in [6, 6.07) is 12.6. The van der Waals surface area contributed by atoms with Gasteiger partial charge in [-0.1, -0.05) is 50.6 Å². The third-order valence-electron chi connectivity index (χ3n) is 3.75. The van der Waals surface area contributed by atoms with E-state index >= 15 is 0 Å². The number of anilines is 1. The topological polar surface area (TPSA) is 66.9 Å². The lowest BCUT2D eigenvalue weighted by molar-refractivity contribution is 0.252. The molecule has 0 aliphatic heterocycles.